The molecule has 43 heavy (non-hydrogen) atoms. The van der Waals surface area contributed by atoms with Crippen LogP contribution in [-0.2, 0) is 23.8 Å². The summed E-state index contributed by atoms with van der Waals surface area (Å²) in [5.41, 5.74) is 0. The van der Waals surface area contributed by atoms with E-state index in [9.17, 15) is 23.2 Å². The third-order valence-electron chi connectivity index (χ3n) is 7.69. The number of alkyl halides is 2. The molecule has 2 fully saturated rings. The van der Waals surface area contributed by atoms with E-state index >= 15 is 0 Å². The quantitative estimate of drug-likeness (QED) is 0.0873. The number of thioether (sulfide) groups is 1. The predicted molar refractivity (Wildman–Crippen MR) is 161 cm³/mol. The predicted octanol–water partition coefficient (Wildman–Crippen LogP) is 2.99. The van der Waals surface area contributed by atoms with Gasteiger partial charge < -0.3 is 35.5 Å². The van der Waals surface area contributed by atoms with Crippen molar-refractivity contribution in [2.45, 2.75) is 93.9 Å². The lowest BCUT2D eigenvalue weighted by atomic mass is 9.91. The molecule has 3 rings (SSSR count). The normalized spacial score (nSPS) is 24.1. The van der Waals surface area contributed by atoms with Gasteiger partial charge >= 0.3 is 12.0 Å². The fourth-order valence-electron chi connectivity index (χ4n) is 5.31. The summed E-state index contributed by atoms with van der Waals surface area (Å²) < 4.78 is 43.4. The molecule has 0 saturated carbocycles. The molecule has 4 atom stereocenters. The molecule has 2 saturated heterocycles. The van der Waals surface area contributed by atoms with Gasteiger partial charge in [0.2, 0.25) is 11.8 Å². The first-order valence-corrected chi connectivity index (χ1v) is 16.7. The first-order chi connectivity index (χ1) is 20.8. The molecule has 0 radical (unpaired) electrons. The molecule has 0 aromatic carbocycles. The van der Waals surface area contributed by atoms with Crippen molar-refractivity contribution in [2.24, 2.45) is 5.92 Å². The van der Waals surface area contributed by atoms with E-state index in [1.165, 1.54) is 0 Å². The van der Waals surface area contributed by atoms with E-state index in [4.69, 9.17) is 14.2 Å². The standard InChI is InChI=1S/C30H48F2N4O6S/c31-30(32)11-4-3-7-23(10-12-30)21-27(38)34-14-6-16-41-18-20-42-19-17-40-15-5-13-33-26(37)9-2-1-8-25-28-24(22-43-25)35-29(39)36-28/h23-25,28H,1-3,5-10,12-22H2,(H,33,37)(H,34,38)(H2,35,36,39)/t23?,24-,25-,28-/m0/s1. The number of fused-ring (bicyclic) bond motifs is 1. The molecule has 3 aliphatic rings. The second-order valence-corrected chi connectivity index (χ2v) is 12.5. The number of unbranched alkanes of at least 4 members (excludes halogenated alkanes) is 1. The Hall–Kier alpha value is -2.14. The third kappa shape index (κ3) is 14.9. The van der Waals surface area contributed by atoms with Crippen LogP contribution in [0.3, 0.4) is 0 Å². The maximum Gasteiger partial charge on any atom is 0.315 e. The Morgan fingerprint density at radius 3 is 2.30 bits per heavy atom. The highest BCUT2D eigenvalue weighted by atomic mass is 32.2. The molecule has 0 spiro atoms. The minimum Gasteiger partial charge on any atom is -0.379 e. The number of hydrogen-bond acceptors (Lipinski definition) is 7. The number of carbonyl (C=O) groups excluding carboxylic acids is 3. The van der Waals surface area contributed by atoms with Gasteiger partial charge in [0.05, 0.1) is 38.5 Å². The summed E-state index contributed by atoms with van der Waals surface area (Å²) in [7, 11) is 0. The maximum absolute atomic E-state index is 13.4. The monoisotopic (exact) mass is 630 g/mol. The summed E-state index contributed by atoms with van der Waals surface area (Å²) in [5, 5.41) is 12.1. The zero-order valence-corrected chi connectivity index (χ0v) is 25.9. The van der Waals surface area contributed by atoms with Crippen LogP contribution in [0.25, 0.3) is 0 Å². The molecule has 0 aromatic rings. The Morgan fingerprint density at radius 1 is 0.907 bits per heavy atom. The van der Waals surface area contributed by atoms with Crippen molar-refractivity contribution >= 4 is 29.6 Å². The highest BCUT2D eigenvalue weighted by Crippen LogP contribution is 2.33. The molecule has 10 nitrogen and oxygen atoms in total. The fraction of sp³-hybridized carbons (Fsp3) is 0.833. The van der Waals surface area contributed by atoms with Gasteiger partial charge in [-0.2, -0.15) is 20.5 Å². The SMILES string of the molecule is O=C(CCCC[C@@H]1SC[C@@H]2NC(=O)N[C@@H]21)NCCCOCCOCCOCCCNC(=O)CC1CCC#CC(F)(F)CC1. The average Bonchev–Trinajstić information content (AvgIpc) is 3.52. The van der Waals surface area contributed by atoms with Gasteiger partial charge in [-0.1, -0.05) is 12.3 Å². The van der Waals surface area contributed by atoms with Crippen molar-refractivity contribution in [2.75, 3.05) is 58.5 Å². The van der Waals surface area contributed by atoms with Gasteiger partial charge in [0.25, 0.3) is 0 Å². The summed E-state index contributed by atoms with van der Waals surface area (Å²) >= 11 is 1.90. The second-order valence-electron chi connectivity index (χ2n) is 11.3. The molecule has 1 aliphatic carbocycles. The lowest BCUT2D eigenvalue weighted by Crippen LogP contribution is -2.36. The van der Waals surface area contributed by atoms with Crippen LogP contribution in [0.1, 0.15) is 70.6 Å². The van der Waals surface area contributed by atoms with Gasteiger partial charge in [-0.25, -0.2) is 4.79 Å². The smallest absolute Gasteiger partial charge is 0.315 e. The largest absolute Gasteiger partial charge is 0.379 e. The van der Waals surface area contributed by atoms with E-state index in [0.717, 1.165) is 31.4 Å². The summed E-state index contributed by atoms with van der Waals surface area (Å²) in [4.78, 5) is 35.6. The summed E-state index contributed by atoms with van der Waals surface area (Å²) in [5.74, 6) is 2.42. The minimum atomic E-state index is -2.94. The molecule has 2 heterocycles. The average molecular weight is 631 g/mol. The van der Waals surface area contributed by atoms with Gasteiger partial charge in [-0.3, -0.25) is 9.59 Å². The number of urea groups is 1. The number of nitrogens with one attached hydrogen (secondary N) is 4. The Kier molecular flexibility index (Phi) is 16.4. The zero-order chi connectivity index (χ0) is 30.8. The number of ether oxygens (including phenoxy) is 3. The van der Waals surface area contributed by atoms with Gasteiger partial charge in [-0.05, 0) is 50.4 Å². The number of carbonyl (C=O) groups is 3. The van der Waals surface area contributed by atoms with E-state index in [1.54, 1.807) is 0 Å². The highest BCUT2D eigenvalue weighted by molar-refractivity contribution is 8.00. The van der Waals surface area contributed by atoms with Crippen molar-refractivity contribution in [3.05, 3.63) is 0 Å². The van der Waals surface area contributed by atoms with Crippen molar-refractivity contribution in [3.8, 4) is 11.8 Å². The molecule has 1 unspecified atom stereocenters. The molecule has 13 heteroatoms. The Balaban J connectivity index is 1.01. The van der Waals surface area contributed by atoms with Crippen LogP contribution < -0.4 is 21.3 Å². The van der Waals surface area contributed by atoms with Gasteiger partial charge in [0.1, 0.15) is 0 Å². The Labute approximate surface area is 258 Å². The van der Waals surface area contributed by atoms with Crippen LogP contribution in [0.5, 0.6) is 0 Å². The molecular formula is C30H48F2N4O6S. The summed E-state index contributed by atoms with van der Waals surface area (Å²) in [6, 6.07) is 0.398. The molecular weight excluding hydrogens is 582 g/mol. The van der Waals surface area contributed by atoms with Gasteiger partial charge in [0, 0.05) is 63.0 Å². The molecule has 4 N–H and O–H groups in total. The van der Waals surface area contributed by atoms with E-state index in [-0.39, 0.29) is 48.7 Å². The van der Waals surface area contributed by atoms with Crippen LogP contribution in [0, 0.1) is 17.8 Å². The van der Waals surface area contributed by atoms with Crippen LogP contribution in [0.2, 0.25) is 0 Å². The number of rotatable bonds is 21. The van der Waals surface area contributed by atoms with E-state index < -0.39 is 5.92 Å². The van der Waals surface area contributed by atoms with E-state index in [2.05, 4.69) is 27.2 Å². The number of halogens is 2. The molecule has 4 amide bonds. The summed E-state index contributed by atoms with van der Waals surface area (Å²) in [6.07, 6.45) is 6.12. The number of amides is 4. The van der Waals surface area contributed by atoms with Crippen molar-refractivity contribution in [1.29, 1.82) is 0 Å². The molecule has 244 valence electrons. The number of hydrogen-bond donors (Lipinski definition) is 4. The minimum absolute atomic E-state index is 0.0581. The topological polar surface area (TPSA) is 127 Å². The van der Waals surface area contributed by atoms with E-state index in [1.807, 2.05) is 17.7 Å². The van der Waals surface area contributed by atoms with Crippen LogP contribution in [-0.4, -0.2) is 99.6 Å². The Morgan fingerprint density at radius 2 is 1.58 bits per heavy atom. The van der Waals surface area contributed by atoms with Crippen molar-refractivity contribution in [1.82, 2.24) is 21.3 Å². The van der Waals surface area contributed by atoms with Crippen LogP contribution >= 0.6 is 11.8 Å². The first-order valence-electron chi connectivity index (χ1n) is 15.7. The van der Waals surface area contributed by atoms with Gasteiger partial charge in [-0.15, -0.1) is 0 Å². The zero-order valence-electron chi connectivity index (χ0n) is 25.1. The highest BCUT2D eigenvalue weighted by Gasteiger charge is 2.42. The second kappa shape index (κ2) is 20.0. The third-order valence-corrected chi connectivity index (χ3v) is 9.20. The maximum atomic E-state index is 13.4. The van der Waals surface area contributed by atoms with Crippen molar-refractivity contribution in [3.63, 3.8) is 0 Å². The lowest BCUT2D eigenvalue weighted by Gasteiger charge is -2.19. The van der Waals surface area contributed by atoms with Crippen molar-refractivity contribution < 1.29 is 37.4 Å². The molecule has 2 aliphatic heterocycles. The van der Waals surface area contributed by atoms with E-state index in [0.29, 0.717) is 90.1 Å². The molecule has 0 aromatic heterocycles. The first kappa shape index (κ1) is 35.3. The Bertz CT molecular complexity index is 934. The fourth-order valence-corrected chi connectivity index (χ4v) is 6.85. The lowest BCUT2D eigenvalue weighted by molar-refractivity contribution is -0.122. The van der Waals surface area contributed by atoms with Gasteiger partial charge in [0.15, 0.2) is 0 Å². The van der Waals surface area contributed by atoms with Crippen LogP contribution in [0.4, 0.5) is 13.6 Å². The summed E-state index contributed by atoms with van der Waals surface area (Å²) in [6.45, 7) is 3.95. The van der Waals surface area contributed by atoms with Crippen LogP contribution in [0.15, 0.2) is 0 Å². The molecule has 0 bridgehead atoms.